The van der Waals surface area contributed by atoms with Gasteiger partial charge in [-0.15, -0.1) is 0 Å². The van der Waals surface area contributed by atoms with Crippen molar-refractivity contribution < 1.29 is 14.0 Å². The van der Waals surface area contributed by atoms with Crippen molar-refractivity contribution in [2.24, 2.45) is 5.92 Å². The second-order valence-electron chi connectivity index (χ2n) is 6.08. The number of carbonyl (C=O) groups is 2. The molecule has 6 heteroatoms. The third-order valence-corrected chi connectivity index (χ3v) is 3.84. The van der Waals surface area contributed by atoms with Gasteiger partial charge in [0.05, 0.1) is 5.02 Å². The van der Waals surface area contributed by atoms with Crippen LogP contribution in [0.1, 0.15) is 27.7 Å². The van der Waals surface area contributed by atoms with Gasteiger partial charge in [-0.1, -0.05) is 25.4 Å². The van der Waals surface area contributed by atoms with Gasteiger partial charge in [-0.25, -0.2) is 4.39 Å². The third-order valence-electron chi connectivity index (χ3n) is 3.55. The monoisotopic (exact) mass is 312 g/mol. The van der Waals surface area contributed by atoms with Crippen LogP contribution in [0.15, 0.2) is 18.2 Å². The van der Waals surface area contributed by atoms with Crippen LogP contribution in [0.25, 0.3) is 0 Å². The lowest BCUT2D eigenvalue weighted by Gasteiger charge is -2.44. The fourth-order valence-corrected chi connectivity index (χ4v) is 2.67. The normalized spacial score (nSPS) is 21.7. The van der Waals surface area contributed by atoms with Gasteiger partial charge in [-0.2, -0.15) is 0 Å². The lowest BCUT2D eigenvalue weighted by atomic mass is 9.91. The number of amides is 2. The van der Waals surface area contributed by atoms with Crippen molar-refractivity contribution in [2.45, 2.75) is 39.3 Å². The molecule has 0 aromatic heterocycles. The van der Waals surface area contributed by atoms with Crippen molar-refractivity contribution in [3.63, 3.8) is 0 Å². The van der Waals surface area contributed by atoms with Crippen LogP contribution in [0.3, 0.4) is 0 Å². The first-order valence-electron chi connectivity index (χ1n) is 6.76. The van der Waals surface area contributed by atoms with Crippen molar-refractivity contribution in [1.82, 2.24) is 5.32 Å². The molecule has 1 aromatic rings. The molecule has 0 radical (unpaired) electrons. The summed E-state index contributed by atoms with van der Waals surface area (Å²) in [5.74, 6) is -1.12. The van der Waals surface area contributed by atoms with Gasteiger partial charge in [0.25, 0.3) is 5.91 Å². The zero-order valence-electron chi connectivity index (χ0n) is 12.4. The number of hydrogen-bond donors (Lipinski definition) is 1. The molecule has 1 fully saturated rings. The van der Waals surface area contributed by atoms with Crippen molar-refractivity contribution in [3.8, 4) is 0 Å². The molecule has 0 aliphatic carbocycles. The molecule has 21 heavy (non-hydrogen) atoms. The minimum Gasteiger partial charge on any atom is -0.340 e. The number of piperazine rings is 1. The Morgan fingerprint density at radius 3 is 2.48 bits per heavy atom. The second-order valence-corrected chi connectivity index (χ2v) is 6.48. The smallest absolute Gasteiger partial charge is 0.252 e. The van der Waals surface area contributed by atoms with E-state index in [1.54, 1.807) is 13.8 Å². The maximum Gasteiger partial charge on any atom is 0.252 e. The topological polar surface area (TPSA) is 49.4 Å². The highest BCUT2D eigenvalue weighted by Gasteiger charge is 2.47. The standard InChI is InChI=1S/C15H18ClFN2O2/c1-8(2)12-13(20)18-15(3,4)14(21)19(12)9-5-6-11(17)10(16)7-9/h5-8,12H,1-4H3,(H,18,20). The molecule has 1 aromatic carbocycles. The number of nitrogens with one attached hydrogen (secondary N) is 1. The number of rotatable bonds is 2. The van der Waals surface area contributed by atoms with Gasteiger partial charge in [0.2, 0.25) is 5.91 Å². The fourth-order valence-electron chi connectivity index (χ4n) is 2.49. The molecular formula is C15H18ClFN2O2. The van der Waals surface area contributed by atoms with Crippen LogP contribution < -0.4 is 10.2 Å². The Hall–Kier alpha value is -1.62. The van der Waals surface area contributed by atoms with E-state index in [4.69, 9.17) is 11.6 Å². The summed E-state index contributed by atoms with van der Waals surface area (Å²) >= 11 is 5.80. The van der Waals surface area contributed by atoms with Crippen molar-refractivity contribution >= 4 is 29.1 Å². The summed E-state index contributed by atoms with van der Waals surface area (Å²) in [6.07, 6.45) is 0. The van der Waals surface area contributed by atoms with Crippen LogP contribution in [0.4, 0.5) is 10.1 Å². The van der Waals surface area contributed by atoms with Gasteiger partial charge in [-0.05, 0) is 38.0 Å². The molecule has 4 nitrogen and oxygen atoms in total. The molecule has 1 aliphatic heterocycles. The van der Waals surface area contributed by atoms with E-state index < -0.39 is 17.4 Å². The first kappa shape index (κ1) is 15.8. The maximum atomic E-state index is 13.3. The SMILES string of the molecule is CC(C)C1C(=O)NC(C)(C)C(=O)N1c1ccc(F)c(Cl)c1. The van der Waals surface area contributed by atoms with E-state index in [0.717, 1.165) is 0 Å². The molecule has 0 saturated carbocycles. The number of benzene rings is 1. The van der Waals surface area contributed by atoms with Crippen LogP contribution in [0, 0.1) is 11.7 Å². The molecule has 1 atom stereocenters. The molecule has 1 saturated heterocycles. The molecule has 1 N–H and O–H groups in total. The zero-order valence-corrected chi connectivity index (χ0v) is 13.2. The van der Waals surface area contributed by atoms with Crippen molar-refractivity contribution in [1.29, 1.82) is 0 Å². The lowest BCUT2D eigenvalue weighted by Crippen LogP contribution is -2.69. The molecular weight excluding hydrogens is 295 g/mol. The Bertz CT molecular complexity index is 601. The van der Waals surface area contributed by atoms with Crippen molar-refractivity contribution in [3.05, 3.63) is 29.0 Å². The predicted molar refractivity (Wildman–Crippen MR) is 79.7 cm³/mol. The molecule has 114 valence electrons. The molecule has 1 heterocycles. The largest absolute Gasteiger partial charge is 0.340 e. The quantitative estimate of drug-likeness (QED) is 0.913. The molecule has 2 amide bonds. The van der Waals surface area contributed by atoms with Gasteiger partial charge in [0.15, 0.2) is 0 Å². The maximum absolute atomic E-state index is 13.3. The second kappa shape index (κ2) is 5.30. The van der Waals surface area contributed by atoms with Crippen LogP contribution >= 0.6 is 11.6 Å². The molecule has 0 spiro atoms. The van der Waals surface area contributed by atoms with Gasteiger partial charge in [0, 0.05) is 5.69 Å². The average molecular weight is 313 g/mol. The Morgan fingerprint density at radius 2 is 1.95 bits per heavy atom. The zero-order chi connectivity index (χ0) is 15.9. The average Bonchev–Trinajstić information content (AvgIpc) is 2.36. The van der Waals surface area contributed by atoms with E-state index >= 15 is 0 Å². The first-order chi connectivity index (χ1) is 9.65. The number of nitrogens with zero attached hydrogens (tertiary/aromatic N) is 1. The van der Waals surface area contributed by atoms with Gasteiger partial charge in [-0.3, -0.25) is 14.5 Å². The summed E-state index contributed by atoms with van der Waals surface area (Å²) in [7, 11) is 0. The van der Waals surface area contributed by atoms with Crippen LogP contribution in [0.2, 0.25) is 5.02 Å². The predicted octanol–water partition coefficient (Wildman–Crippen LogP) is 2.75. The highest BCUT2D eigenvalue weighted by atomic mass is 35.5. The first-order valence-corrected chi connectivity index (χ1v) is 7.13. The van der Waals surface area contributed by atoms with Crippen LogP contribution in [-0.2, 0) is 9.59 Å². The number of halogens is 2. The van der Waals surface area contributed by atoms with E-state index in [-0.39, 0.29) is 22.8 Å². The molecule has 1 aliphatic rings. The summed E-state index contributed by atoms with van der Waals surface area (Å²) in [6, 6.07) is 3.39. The Balaban J connectivity index is 2.55. The summed E-state index contributed by atoms with van der Waals surface area (Å²) in [6.45, 7) is 6.99. The van der Waals surface area contributed by atoms with E-state index in [1.807, 2.05) is 13.8 Å². The van der Waals surface area contributed by atoms with E-state index in [2.05, 4.69) is 5.32 Å². The Morgan fingerprint density at radius 1 is 1.33 bits per heavy atom. The van der Waals surface area contributed by atoms with Crippen LogP contribution in [0.5, 0.6) is 0 Å². The van der Waals surface area contributed by atoms with Crippen LogP contribution in [-0.4, -0.2) is 23.4 Å². The van der Waals surface area contributed by atoms with Gasteiger partial charge < -0.3 is 5.32 Å². The summed E-state index contributed by atoms with van der Waals surface area (Å²) in [5.41, 5.74) is -0.586. The van der Waals surface area contributed by atoms with Gasteiger partial charge >= 0.3 is 0 Å². The number of anilines is 1. The van der Waals surface area contributed by atoms with E-state index in [0.29, 0.717) is 5.69 Å². The fraction of sp³-hybridized carbons (Fsp3) is 0.467. The van der Waals surface area contributed by atoms with E-state index in [1.165, 1.54) is 23.1 Å². The van der Waals surface area contributed by atoms with E-state index in [9.17, 15) is 14.0 Å². The number of hydrogen-bond acceptors (Lipinski definition) is 2. The highest BCUT2D eigenvalue weighted by molar-refractivity contribution is 6.31. The number of carbonyl (C=O) groups excluding carboxylic acids is 2. The lowest BCUT2D eigenvalue weighted by molar-refractivity contribution is -0.138. The Kier molecular flexibility index (Phi) is 3.97. The summed E-state index contributed by atoms with van der Waals surface area (Å²) < 4.78 is 13.3. The summed E-state index contributed by atoms with van der Waals surface area (Å²) in [4.78, 5) is 26.4. The molecule has 0 bridgehead atoms. The highest BCUT2D eigenvalue weighted by Crippen LogP contribution is 2.31. The minimum absolute atomic E-state index is 0.0772. The molecule has 2 rings (SSSR count). The van der Waals surface area contributed by atoms with Gasteiger partial charge in [0.1, 0.15) is 17.4 Å². The minimum atomic E-state index is -1.01. The summed E-state index contributed by atoms with van der Waals surface area (Å²) in [5, 5.41) is 2.65. The van der Waals surface area contributed by atoms with Crippen molar-refractivity contribution in [2.75, 3.05) is 4.90 Å². The Labute approximate surface area is 128 Å². The molecule has 1 unspecified atom stereocenters. The third kappa shape index (κ3) is 2.75.